The summed E-state index contributed by atoms with van der Waals surface area (Å²) in [6.45, 7) is 8.78. The van der Waals surface area contributed by atoms with Crippen LogP contribution in [0.3, 0.4) is 0 Å². The van der Waals surface area contributed by atoms with E-state index in [-0.39, 0.29) is 23.4 Å². The van der Waals surface area contributed by atoms with Crippen molar-refractivity contribution in [1.29, 1.82) is 0 Å². The molecule has 0 aromatic rings. The molecular weight excluding hydrogens is 348 g/mol. The Balaban J connectivity index is 1.61. The highest BCUT2D eigenvalue weighted by Gasteiger charge is 2.65. The highest BCUT2D eigenvalue weighted by molar-refractivity contribution is 5.75. The molecule has 2 N–H and O–H groups in total. The van der Waals surface area contributed by atoms with E-state index in [9.17, 15) is 15.0 Å². The number of carbonyl (C=O) groups excluding carboxylic acids is 1. The maximum Gasteiger partial charge on any atom is 0.129 e. The summed E-state index contributed by atoms with van der Waals surface area (Å²) in [6, 6.07) is 0. The van der Waals surface area contributed by atoms with Gasteiger partial charge in [-0.2, -0.15) is 0 Å². The molecule has 0 aromatic carbocycles. The molecule has 4 aliphatic rings. The highest BCUT2D eigenvalue weighted by atomic mass is 16.3. The summed E-state index contributed by atoms with van der Waals surface area (Å²) in [5.41, 5.74) is 0.207. The lowest BCUT2D eigenvalue weighted by Gasteiger charge is -2.63. The van der Waals surface area contributed by atoms with Crippen LogP contribution in [0.5, 0.6) is 0 Å². The zero-order chi connectivity index (χ0) is 20.3. The summed E-state index contributed by atoms with van der Waals surface area (Å²) in [5.74, 6) is 3.11. The van der Waals surface area contributed by atoms with Crippen molar-refractivity contribution in [3.05, 3.63) is 0 Å². The molecule has 0 aromatic heterocycles. The topological polar surface area (TPSA) is 57.5 Å². The summed E-state index contributed by atoms with van der Waals surface area (Å²) in [5, 5.41) is 22.8. The Hall–Kier alpha value is -0.410. The Bertz CT molecular complexity index is 603. The van der Waals surface area contributed by atoms with Crippen molar-refractivity contribution in [3.63, 3.8) is 0 Å². The molecule has 3 nitrogen and oxygen atoms in total. The first kappa shape index (κ1) is 20.8. The molecule has 4 aliphatic carbocycles. The minimum atomic E-state index is -0.268. The van der Waals surface area contributed by atoms with Crippen LogP contribution in [0.1, 0.15) is 91.9 Å². The zero-order valence-electron chi connectivity index (χ0n) is 18.5. The SMILES string of the molecule is CC(=O)CCC(C)C1CCC2C3C(O)CC4CCCCC4(C)C3CC(O)C12C. The van der Waals surface area contributed by atoms with Crippen LogP contribution in [0.15, 0.2) is 0 Å². The fourth-order valence-corrected chi connectivity index (χ4v) is 8.82. The van der Waals surface area contributed by atoms with E-state index in [4.69, 9.17) is 0 Å². The Kier molecular flexibility index (Phi) is 5.49. The number of fused-ring (bicyclic) bond motifs is 5. The summed E-state index contributed by atoms with van der Waals surface area (Å²) in [6.07, 6.45) is 10.4. The number of hydrogen-bond donors (Lipinski definition) is 2. The van der Waals surface area contributed by atoms with Crippen LogP contribution in [0, 0.1) is 46.3 Å². The Morgan fingerprint density at radius 1 is 1.07 bits per heavy atom. The number of aliphatic hydroxyl groups is 2. The Morgan fingerprint density at radius 2 is 1.82 bits per heavy atom. The quantitative estimate of drug-likeness (QED) is 0.711. The van der Waals surface area contributed by atoms with Crippen molar-refractivity contribution in [3.8, 4) is 0 Å². The van der Waals surface area contributed by atoms with Gasteiger partial charge in [-0.25, -0.2) is 0 Å². The monoisotopic (exact) mass is 390 g/mol. The van der Waals surface area contributed by atoms with Gasteiger partial charge in [-0.05, 0) is 98.2 Å². The summed E-state index contributed by atoms with van der Waals surface area (Å²) in [4.78, 5) is 11.5. The predicted octanol–water partition coefficient (Wildman–Crippen LogP) is 4.98. The average Bonchev–Trinajstić information content (AvgIpc) is 3.00. The van der Waals surface area contributed by atoms with Crippen molar-refractivity contribution >= 4 is 5.78 Å². The van der Waals surface area contributed by atoms with Gasteiger partial charge in [-0.3, -0.25) is 0 Å². The van der Waals surface area contributed by atoms with E-state index >= 15 is 0 Å². The number of ketones is 1. The lowest BCUT2D eigenvalue weighted by molar-refractivity contribution is -0.201. The van der Waals surface area contributed by atoms with Crippen LogP contribution in [-0.2, 0) is 4.79 Å². The molecule has 160 valence electrons. The molecule has 0 aliphatic heterocycles. The van der Waals surface area contributed by atoms with E-state index in [0.717, 1.165) is 32.1 Å². The van der Waals surface area contributed by atoms with E-state index in [2.05, 4.69) is 20.8 Å². The van der Waals surface area contributed by atoms with E-state index in [1.807, 2.05) is 0 Å². The van der Waals surface area contributed by atoms with Gasteiger partial charge < -0.3 is 15.0 Å². The van der Waals surface area contributed by atoms with Gasteiger partial charge in [0.05, 0.1) is 12.2 Å². The minimum Gasteiger partial charge on any atom is -0.393 e. The lowest BCUT2D eigenvalue weighted by Crippen LogP contribution is -2.61. The first-order valence-electron chi connectivity index (χ1n) is 12.0. The third-order valence-corrected chi connectivity index (χ3v) is 10.4. The van der Waals surface area contributed by atoms with Crippen molar-refractivity contribution in [1.82, 2.24) is 0 Å². The van der Waals surface area contributed by atoms with Crippen LogP contribution in [0.2, 0.25) is 0 Å². The number of rotatable bonds is 4. The van der Waals surface area contributed by atoms with Gasteiger partial charge in [-0.1, -0.05) is 33.6 Å². The number of carbonyl (C=O) groups is 1. The largest absolute Gasteiger partial charge is 0.393 e. The zero-order valence-corrected chi connectivity index (χ0v) is 18.5. The molecule has 0 spiro atoms. The molecule has 0 heterocycles. The van der Waals surface area contributed by atoms with Crippen LogP contribution in [0.25, 0.3) is 0 Å². The molecule has 4 fully saturated rings. The summed E-state index contributed by atoms with van der Waals surface area (Å²) in [7, 11) is 0. The smallest absolute Gasteiger partial charge is 0.129 e. The van der Waals surface area contributed by atoms with Crippen molar-refractivity contribution in [2.75, 3.05) is 0 Å². The highest BCUT2D eigenvalue weighted by Crippen LogP contribution is 2.68. The third-order valence-electron chi connectivity index (χ3n) is 10.4. The Morgan fingerprint density at radius 3 is 2.54 bits per heavy atom. The van der Waals surface area contributed by atoms with Crippen LogP contribution in [0.4, 0.5) is 0 Å². The molecule has 0 bridgehead atoms. The van der Waals surface area contributed by atoms with Gasteiger partial charge in [0.15, 0.2) is 0 Å². The number of Topliss-reactive ketones (excluding diaryl/α,β-unsaturated/α-hetero) is 1. The van der Waals surface area contributed by atoms with E-state index in [0.29, 0.717) is 47.3 Å². The molecular formula is C25H42O3. The van der Waals surface area contributed by atoms with E-state index in [1.54, 1.807) is 6.92 Å². The second kappa shape index (κ2) is 7.38. The number of hydrogen-bond acceptors (Lipinski definition) is 3. The lowest BCUT2D eigenvalue weighted by atomic mass is 9.43. The van der Waals surface area contributed by atoms with Gasteiger partial charge in [0, 0.05) is 6.42 Å². The van der Waals surface area contributed by atoms with Crippen molar-refractivity contribution in [2.24, 2.45) is 46.3 Å². The predicted molar refractivity (Wildman–Crippen MR) is 112 cm³/mol. The fourth-order valence-electron chi connectivity index (χ4n) is 8.82. The first-order chi connectivity index (χ1) is 13.2. The molecule has 4 rings (SSSR count). The molecule has 10 unspecified atom stereocenters. The van der Waals surface area contributed by atoms with Gasteiger partial charge in [0.1, 0.15) is 5.78 Å². The molecule has 3 heteroatoms. The third kappa shape index (κ3) is 3.02. The van der Waals surface area contributed by atoms with Crippen LogP contribution < -0.4 is 0 Å². The van der Waals surface area contributed by atoms with Gasteiger partial charge in [0.25, 0.3) is 0 Å². The van der Waals surface area contributed by atoms with Crippen LogP contribution >= 0.6 is 0 Å². The molecule has 10 atom stereocenters. The van der Waals surface area contributed by atoms with Crippen molar-refractivity contribution in [2.45, 2.75) is 104 Å². The second-order valence-electron chi connectivity index (χ2n) is 11.6. The normalized spacial score (nSPS) is 51.7. The maximum atomic E-state index is 11.5. The van der Waals surface area contributed by atoms with Gasteiger partial charge >= 0.3 is 0 Å². The second-order valence-corrected chi connectivity index (χ2v) is 11.6. The van der Waals surface area contributed by atoms with Gasteiger partial charge in [-0.15, -0.1) is 0 Å². The van der Waals surface area contributed by atoms with Gasteiger partial charge in [0.2, 0.25) is 0 Å². The summed E-state index contributed by atoms with van der Waals surface area (Å²) < 4.78 is 0. The van der Waals surface area contributed by atoms with E-state index < -0.39 is 0 Å². The van der Waals surface area contributed by atoms with Crippen molar-refractivity contribution < 1.29 is 15.0 Å². The molecule has 0 radical (unpaired) electrons. The first-order valence-corrected chi connectivity index (χ1v) is 12.0. The molecule has 28 heavy (non-hydrogen) atoms. The molecule has 4 saturated carbocycles. The molecule has 0 amide bonds. The maximum absolute atomic E-state index is 11.5. The average molecular weight is 391 g/mol. The fraction of sp³-hybridized carbons (Fsp3) is 0.960. The minimum absolute atomic E-state index is 0.101. The summed E-state index contributed by atoms with van der Waals surface area (Å²) >= 11 is 0. The Labute approximate surface area is 171 Å². The van der Waals surface area contributed by atoms with E-state index in [1.165, 1.54) is 25.7 Å². The molecule has 0 saturated heterocycles. The van der Waals surface area contributed by atoms with Crippen LogP contribution in [-0.4, -0.2) is 28.2 Å². The number of aliphatic hydroxyl groups excluding tert-OH is 2. The standard InChI is InChI=1S/C25H42O3/c1-15(8-9-16(2)26)18-10-11-19-23-20(14-22(28)25(18,19)4)24(3)12-6-5-7-17(24)13-21(23)27/h15,17-23,27-28H,5-14H2,1-4H3.